The van der Waals surface area contributed by atoms with Crippen molar-refractivity contribution >= 4 is 11.9 Å². The first-order valence-corrected chi connectivity index (χ1v) is 8.13. The third-order valence-electron chi connectivity index (χ3n) is 4.65. The van der Waals surface area contributed by atoms with E-state index < -0.39 is 12.0 Å². The number of rotatable bonds is 3. The summed E-state index contributed by atoms with van der Waals surface area (Å²) in [4.78, 5) is 25.9. The second kappa shape index (κ2) is 6.47. The largest absolute Gasteiger partial charge is 0.480 e. The number of benzene rings is 1. The average Bonchev–Trinajstić information content (AvgIpc) is 2.96. The van der Waals surface area contributed by atoms with Crippen LogP contribution in [0.3, 0.4) is 0 Å². The van der Waals surface area contributed by atoms with Gasteiger partial charge in [0.2, 0.25) is 0 Å². The highest BCUT2D eigenvalue weighted by Gasteiger charge is 2.36. The summed E-state index contributed by atoms with van der Waals surface area (Å²) in [5, 5.41) is 13.8. The topological polar surface area (TPSA) is 75.4 Å². The number of likely N-dealkylation sites (tertiary alicyclic amines) is 1. The molecule has 6 nitrogen and oxygen atoms in total. The Kier molecular flexibility index (Phi) is 4.38. The molecular weight excluding hydrogens is 306 g/mol. The molecule has 2 atom stereocenters. The van der Waals surface area contributed by atoms with Gasteiger partial charge >= 0.3 is 5.97 Å². The van der Waals surface area contributed by atoms with Crippen molar-refractivity contribution in [3.8, 4) is 5.69 Å². The maximum absolute atomic E-state index is 12.9. The van der Waals surface area contributed by atoms with Crippen LogP contribution in [0, 0.1) is 12.8 Å². The SMILES string of the molecule is Cc1c(C(=O)N2CCC(C)CC2C(=O)O)cnn1-c1ccccc1. The van der Waals surface area contributed by atoms with Crippen LogP contribution in [0.5, 0.6) is 0 Å². The van der Waals surface area contributed by atoms with Crippen LogP contribution in [0.4, 0.5) is 0 Å². The molecule has 2 unspecified atom stereocenters. The Labute approximate surface area is 140 Å². The number of amides is 1. The van der Waals surface area contributed by atoms with E-state index in [9.17, 15) is 14.7 Å². The zero-order chi connectivity index (χ0) is 17.3. The summed E-state index contributed by atoms with van der Waals surface area (Å²) in [6, 6.07) is 8.80. The van der Waals surface area contributed by atoms with Crippen LogP contribution in [0.25, 0.3) is 5.69 Å². The van der Waals surface area contributed by atoms with Crippen LogP contribution >= 0.6 is 0 Å². The van der Waals surface area contributed by atoms with Crippen molar-refractivity contribution in [2.75, 3.05) is 6.54 Å². The summed E-state index contributed by atoms with van der Waals surface area (Å²) in [5.74, 6) is -0.889. The Balaban J connectivity index is 1.90. The van der Waals surface area contributed by atoms with Crippen LogP contribution in [0.15, 0.2) is 36.5 Å². The number of carbonyl (C=O) groups excluding carboxylic acids is 1. The number of nitrogens with zero attached hydrogens (tertiary/aromatic N) is 3. The zero-order valence-electron chi connectivity index (χ0n) is 13.8. The molecule has 2 aromatic rings. The molecule has 1 amide bonds. The quantitative estimate of drug-likeness (QED) is 0.940. The van der Waals surface area contributed by atoms with Crippen molar-refractivity contribution in [3.05, 3.63) is 47.8 Å². The Morgan fingerprint density at radius 2 is 1.96 bits per heavy atom. The lowest BCUT2D eigenvalue weighted by Gasteiger charge is -2.35. The van der Waals surface area contributed by atoms with Crippen LogP contribution in [-0.2, 0) is 4.79 Å². The van der Waals surface area contributed by atoms with Gasteiger partial charge in [0.15, 0.2) is 0 Å². The van der Waals surface area contributed by atoms with Gasteiger partial charge in [0.25, 0.3) is 5.91 Å². The molecule has 24 heavy (non-hydrogen) atoms. The van der Waals surface area contributed by atoms with E-state index in [1.165, 1.54) is 11.1 Å². The molecule has 1 saturated heterocycles. The summed E-state index contributed by atoms with van der Waals surface area (Å²) in [6.45, 7) is 4.32. The Morgan fingerprint density at radius 3 is 2.62 bits per heavy atom. The fourth-order valence-electron chi connectivity index (χ4n) is 3.22. The molecule has 126 valence electrons. The number of hydrogen-bond acceptors (Lipinski definition) is 3. The molecular formula is C18H21N3O3. The molecule has 0 radical (unpaired) electrons. The number of carboxylic acids is 1. The number of aromatic nitrogens is 2. The summed E-state index contributed by atoms with van der Waals surface area (Å²) in [6.07, 6.45) is 2.84. The van der Waals surface area contributed by atoms with Crippen molar-refractivity contribution in [3.63, 3.8) is 0 Å². The monoisotopic (exact) mass is 327 g/mol. The van der Waals surface area contributed by atoms with Crippen molar-refractivity contribution < 1.29 is 14.7 Å². The van der Waals surface area contributed by atoms with Gasteiger partial charge < -0.3 is 10.0 Å². The van der Waals surface area contributed by atoms with Gasteiger partial charge in [-0.1, -0.05) is 25.1 Å². The first-order chi connectivity index (χ1) is 11.5. The van der Waals surface area contributed by atoms with Gasteiger partial charge in [-0.25, -0.2) is 9.48 Å². The molecule has 6 heteroatoms. The summed E-state index contributed by atoms with van der Waals surface area (Å²) >= 11 is 0. The highest BCUT2D eigenvalue weighted by molar-refractivity contribution is 5.97. The molecule has 1 aromatic carbocycles. The zero-order valence-corrected chi connectivity index (χ0v) is 13.8. The highest BCUT2D eigenvalue weighted by Crippen LogP contribution is 2.25. The van der Waals surface area contributed by atoms with Gasteiger partial charge in [0.1, 0.15) is 6.04 Å². The molecule has 1 fully saturated rings. The molecule has 1 aliphatic heterocycles. The second-order valence-corrected chi connectivity index (χ2v) is 6.37. The van der Waals surface area contributed by atoms with E-state index in [4.69, 9.17) is 0 Å². The van der Waals surface area contributed by atoms with E-state index >= 15 is 0 Å². The fraction of sp³-hybridized carbons (Fsp3) is 0.389. The summed E-state index contributed by atoms with van der Waals surface area (Å²) in [7, 11) is 0. The molecule has 0 spiro atoms. The number of hydrogen-bond donors (Lipinski definition) is 1. The smallest absolute Gasteiger partial charge is 0.326 e. The van der Waals surface area contributed by atoms with E-state index in [-0.39, 0.29) is 5.91 Å². The summed E-state index contributed by atoms with van der Waals surface area (Å²) < 4.78 is 1.70. The van der Waals surface area contributed by atoms with E-state index in [1.54, 1.807) is 4.68 Å². The first-order valence-electron chi connectivity index (χ1n) is 8.13. The molecule has 1 aliphatic rings. The van der Waals surface area contributed by atoms with Gasteiger partial charge in [-0.15, -0.1) is 0 Å². The van der Waals surface area contributed by atoms with Crippen molar-refractivity contribution in [2.45, 2.75) is 32.7 Å². The second-order valence-electron chi connectivity index (χ2n) is 6.37. The van der Waals surface area contributed by atoms with Crippen molar-refractivity contribution in [1.29, 1.82) is 0 Å². The average molecular weight is 327 g/mol. The Bertz CT molecular complexity index is 754. The first kappa shape index (κ1) is 16.2. The Hall–Kier alpha value is -2.63. The maximum Gasteiger partial charge on any atom is 0.326 e. The third-order valence-corrected chi connectivity index (χ3v) is 4.65. The van der Waals surface area contributed by atoms with Crippen LogP contribution in [0.1, 0.15) is 35.8 Å². The molecule has 0 aliphatic carbocycles. The van der Waals surface area contributed by atoms with E-state index in [0.29, 0.717) is 30.1 Å². The predicted molar refractivity (Wildman–Crippen MR) is 89.2 cm³/mol. The van der Waals surface area contributed by atoms with Gasteiger partial charge in [0, 0.05) is 6.54 Å². The molecule has 0 bridgehead atoms. The van der Waals surface area contributed by atoms with Crippen molar-refractivity contribution in [2.24, 2.45) is 5.92 Å². The highest BCUT2D eigenvalue weighted by atomic mass is 16.4. The lowest BCUT2D eigenvalue weighted by atomic mass is 9.92. The predicted octanol–water partition coefficient (Wildman–Crippen LogP) is 2.51. The molecule has 1 N–H and O–H groups in total. The van der Waals surface area contributed by atoms with Gasteiger partial charge in [0.05, 0.1) is 23.1 Å². The molecule has 3 rings (SSSR count). The minimum absolute atomic E-state index is 0.256. The standard InChI is InChI=1S/C18H21N3O3/c1-12-8-9-20(16(10-12)18(23)24)17(22)15-11-19-21(13(15)2)14-6-4-3-5-7-14/h3-7,11-12,16H,8-10H2,1-2H3,(H,23,24). The number of carboxylic acid groups (broad SMARTS) is 1. The normalized spacial score (nSPS) is 20.8. The van der Waals surface area contributed by atoms with Crippen LogP contribution < -0.4 is 0 Å². The minimum atomic E-state index is -0.942. The minimum Gasteiger partial charge on any atom is -0.480 e. The third kappa shape index (κ3) is 2.91. The molecule has 2 heterocycles. The number of carbonyl (C=O) groups is 2. The van der Waals surface area contributed by atoms with E-state index in [0.717, 1.165) is 12.1 Å². The van der Waals surface area contributed by atoms with Gasteiger partial charge in [-0.05, 0) is 37.8 Å². The number of para-hydroxylation sites is 1. The lowest BCUT2D eigenvalue weighted by Crippen LogP contribution is -2.49. The molecule has 0 saturated carbocycles. The number of piperidine rings is 1. The van der Waals surface area contributed by atoms with Crippen molar-refractivity contribution in [1.82, 2.24) is 14.7 Å². The van der Waals surface area contributed by atoms with E-state index in [2.05, 4.69) is 5.10 Å². The Morgan fingerprint density at radius 1 is 1.25 bits per heavy atom. The van der Waals surface area contributed by atoms with E-state index in [1.807, 2.05) is 44.2 Å². The van der Waals surface area contributed by atoms with Gasteiger partial charge in [-0.3, -0.25) is 4.79 Å². The fourth-order valence-corrected chi connectivity index (χ4v) is 3.22. The van der Waals surface area contributed by atoms with Crippen LogP contribution in [-0.4, -0.2) is 44.3 Å². The molecule has 1 aromatic heterocycles. The lowest BCUT2D eigenvalue weighted by molar-refractivity contribution is -0.144. The maximum atomic E-state index is 12.9. The number of aliphatic carboxylic acids is 1. The van der Waals surface area contributed by atoms with Crippen LogP contribution in [0.2, 0.25) is 0 Å². The summed E-state index contributed by atoms with van der Waals surface area (Å²) in [5.41, 5.74) is 2.05. The van der Waals surface area contributed by atoms with Gasteiger partial charge in [-0.2, -0.15) is 5.10 Å².